The van der Waals surface area contributed by atoms with Crippen LogP contribution < -0.4 is 5.32 Å². The van der Waals surface area contributed by atoms with Crippen LogP contribution in [0.1, 0.15) is 20.9 Å². The molecule has 0 spiro atoms. The van der Waals surface area contributed by atoms with Crippen molar-refractivity contribution in [1.82, 2.24) is 19.3 Å². The Morgan fingerprint density at radius 2 is 1.90 bits per heavy atom. The van der Waals surface area contributed by atoms with E-state index in [0.29, 0.717) is 28.2 Å². The van der Waals surface area contributed by atoms with Crippen molar-refractivity contribution in [2.45, 2.75) is 13.5 Å². The van der Waals surface area contributed by atoms with Crippen LogP contribution in [-0.2, 0) is 6.54 Å². The maximum Gasteiger partial charge on any atom is 0.266 e. The second-order valence-corrected chi connectivity index (χ2v) is 8.45. The maximum atomic E-state index is 12.7. The first-order valence-corrected chi connectivity index (χ1v) is 11.0. The zero-order valence-electron chi connectivity index (χ0n) is 16.6. The van der Waals surface area contributed by atoms with Crippen molar-refractivity contribution in [3.05, 3.63) is 93.3 Å². The number of aromatic nitrogens is 4. The van der Waals surface area contributed by atoms with E-state index < -0.39 is 0 Å². The number of benzene rings is 2. The molecule has 0 saturated carbocycles. The number of para-hydroxylation sites is 2. The molecule has 6 nitrogen and oxygen atoms in total. The van der Waals surface area contributed by atoms with Gasteiger partial charge in [0.2, 0.25) is 5.95 Å². The Bertz CT molecular complexity index is 1390. The third kappa shape index (κ3) is 3.73. The van der Waals surface area contributed by atoms with E-state index in [0.717, 1.165) is 22.3 Å². The number of aryl methyl sites for hydroxylation is 1. The second-order valence-electron chi connectivity index (χ2n) is 7.09. The molecule has 1 N–H and O–H groups in total. The number of thiophene rings is 1. The molecule has 3 aromatic heterocycles. The molecule has 3 heterocycles. The number of hydrogen-bond donors (Lipinski definition) is 1. The van der Waals surface area contributed by atoms with Gasteiger partial charge in [-0.1, -0.05) is 48.0 Å². The first-order chi connectivity index (χ1) is 15.1. The van der Waals surface area contributed by atoms with Crippen molar-refractivity contribution in [3.8, 4) is 5.95 Å². The van der Waals surface area contributed by atoms with Gasteiger partial charge < -0.3 is 9.88 Å². The van der Waals surface area contributed by atoms with Crippen LogP contribution in [0, 0.1) is 6.92 Å². The number of nitrogens with one attached hydrogen (secondary N) is 1. The Morgan fingerprint density at radius 1 is 1.10 bits per heavy atom. The van der Waals surface area contributed by atoms with Gasteiger partial charge in [0.15, 0.2) is 0 Å². The third-order valence-corrected chi connectivity index (χ3v) is 6.17. The molecule has 2 aromatic carbocycles. The smallest absolute Gasteiger partial charge is 0.266 e. The number of hydrogen-bond acceptors (Lipinski definition) is 4. The number of rotatable bonds is 5. The Kier molecular flexibility index (Phi) is 5.05. The van der Waals surface area contributed by atoms with Gasteiger partial charge in [-0.15, -0.1) is 11.3 Å². The number of amides is 1. The van der Waals surface area contributed by atoms with Crippen LogP contribution in [-0.4, -0.2) is 25.2 Å². The molecule has 0 aliphatic rings. The second kappa shape index (κ2) is 8.02. The van der Waals surface area contributed by atoms with Gasteiger partial charge in [-0.05, 0) is 42.1 Å². The number of halogens is 1. The van der Waals surface area contributed by atoms with Gasteiger partial charge in [-0.2, -0.15) is 9.78 Å². The summed E-state index contributed by atoms with van der Waals surface area (Å²) in [4.78, 5) is 18.1. The predicted molar refractivity (Wildman–Crippen MR) is 124 cm³/mol. The van der Waals surface area contributed by atoms with Crippen LogP contribution in [0.4, 0.5) is 5.82 Å². The molecule has 154 valence electrons. The van der Waals surface area contributed by atoms with E-state index in [1.165, 1.54) is 11.3 Å². The molecule has 1 amide bonds. The molecule has 31 heavy (non-hydrogen) atoms. The fraction of sp³-hybridized carbons (Fsp3) is 0.0870. The normalized spacial score (nSPS) is 11.2. The Balaban J connectivity index is 1.62. The van der Waals surface area contributed by atoms with E-state index in [4.69, 9.17) is 16.6 Å². The third-order valence-electron chi connectivity index (χ3n) is 4.93. The van der Waals surface area contributed by atoms with Crippen LogP contribution >= 0.6 is 22.9 Å². The van der Waals surface area contributed by atoms with Crippen molar-refractivity contribution in [3.63, 3.8) is 0 Å². The van der Waals surface area contributed by atoms with Crippen LogP contribution in [0.5, 0.6) is 0 Å². The Labute approximate surface area is 187 Å². The lowest BCUT2D eigenvalue weighted by Gasteiger charge is -2.12. The van der Waals surface area contributed by atoms with Crippen LogP contribution in [0.15, 0.2) is 72.1 Å². The molecule has 5 aromatic rings. The topological polar surface area (TPSA) is 64.7 Å². The number of carbonyl (C=O) groups excluding carboxylic acids is 1. The van der Waals surface area contributed by atoms with E-state index in [1.54, 1.807) is 10.7 Å². The first-order valence-electron chi connectivity index (χ1n) is 9.71. The molecule has 5 rings (SSSR count). The standard InChI is InChI=1S/C23H18ClN5OS/c1-15-13-21(26-22(30)20-11-6-12-31-20)29(27-15)23-25-18-9-4-5-10-19(18)28(23)14-16-7-2-3-8-17(16)24/h2-13H,14H2,1H3,(H,26,30). The highest BCUT2D eigenvalue weighted by molar-refractivity contribution is 7.12. The molecular formula is C23H18ClN5OS. The summed E-state index contributed by atoms with van der Waals surface area (Å²) in [5.41, 5.74) is 3.55. The number of carbonyl (C=O) groups is 1. The van der Waals surface area contributed by atoms with E-state index in [2.05, 4.69) is 15.0 Å². The van der Waals surface area contributed by atoms with Crippen LogP contribution in [0.25, 0.3) is 17.0 Å². The lowest BCUT2D eigenvalue weighted by Crippen LogP contribution is -2.16. The summed E-state index contributed by atoms with van der Waals surface area (Å²) >= 11 is 7.83. The van der Waals surface area contributed by atoms with Crippen molar-refractivity contribution < 1.29 is 4.79 Å². The minimum atomic E-state index is -0.176. The Hall–Kier alpha value is -3.42. The van der Waals surface area contributed by atoms with Gasteiger partial charge in [0.25, 0.3) is 5.91 Å². The summed E-state index contributed by atoms with van der Waals surface area (Å²) < 4.78 is 3.74. The number of imidazole rings is 1. The highest BCUT2D eigenvalue weighted by Gasteiger charge is 2.19. The number of fused-ring (bicyclic) bond motifs is 1. The molecule has 0 aliphatic carbocycles. The molecule has 0 radical (unpaired) electrons. The summed E-state index contributed by atoms with van der Waals surface area (Å²) in [6, 6.07) is 21.1. The molecule has 0 atom stereocenters. The van der Waals surface area contributed by atoms with Gasteiger partial charge in [-0.3, -0.25) is 4.79 Å². The average Bonchev–Trinajstić information content (AvgIpc) is 3.49. The molecule has 0 fully saturated rings. The van der Waals surface area contributed by atoms with E-state index in [-0.39, 0.29) is 5.91 Å². The number of anilines is 1. The predicted octanol–water partition coefficient (Wildman–Crippen LogP) is 5.55. The average molecular weight is 448 g/mol. The number of nitrogens with zero attached hydrogens (tertiary/aromatic N) is 4. The van der Waals surface area contributed by atoms with Crippen molar-refractivity contribution in [2.75, 3.05) is 5.32 Å². The summed E-state index contributed by atoms with van der Waals surface area (Å²) in [6.45, 7) is 2.41. The summed E-state index contributed by atoms with van der Waals surface area (Å²) in [5, 5.41) is 10.2. The minimum Gasteiger partial charge on any atom is -0.306 e. The van der Waals surface area contributed by atoms with Gasteiger partial charge in [0.1, 0.15) is 5.82 Å². The Morgan fingerprint density at radius 3 is 2.71 bits per heavy atom. The highest BCUT2D eigenvalue weighted by Crippen LogP contribution is 2.26. The lowest BCUT2D eigenvalue weighted by atomic mass is 10.2. The summed E-state index contributed by atoms with van der Waals surface area (Å²) in [5.74, 6) is 0.993. The molecule has 8 heteroatoms. The van der Waals surface area contributed by atoms with Gasteiger partial charge in [0.05, 0.1) is 28.1 Å². The monoisotopic (exact) mass is 447 g/mol. The zero-order chi connectivity index (χ0) is 21.4. The largest absolute Gasteiger partial charge is 0.306 e. The summed E-state index contributed by atoms with van der Waals surface area (Å²) in [7, 11) is 0. The van der Waals surface area contributed by atoms with Crippen molar-refractivity contribution >= 4 is 45.7 Å². The van der Waals surface area contributed by atoms with Crippen molar-refractivity contribution in [2.24, 2.45) is 0 Å². The van der Waals surface area contributed by atoms with Crippen LogP contribution in [0.3, 0.4) is 0 Å². The molecule has 0 bridgehead atoms. The fourth-order valence-electron chi connectivity index (χ4n) is 3.50. The van der Waals surface area contributed by atoms with Gasteiger partial charge in [0, 0.05) is 11.1 Å². The van der Waals surface area contributed by atoms with Crippen molar-refractivity contribution in [1.29, 1.82) is 0 Å². The van der Waals surface area contributed by atoms with E-state index in [9.17, 15) is 4.79 Å². The van der Waals surface area contributed by atoms with E-state index in [1.807, 2.05) is 73.0 Å². The zero-order valence-corrected chi connectivity index (χ0v) is 18.2. The maximum absolute atomic E-state index is 12.7. The fourth-order valence-corrected chi connectivity index (χ4v) is 4.32. The van der Waals surface area contributed by atoms with E-state index >= 15 is 0 Å². The molecule has 0 aliphatic heterocycles. The van der Waals surface area contributed by atoms with Crippen LogP contribution in [0.2, 0.25) is 5.02 Å². The lowest BCUT2D eigenvalue weighted by molar-refractivity contribution is 0.103. The quantitative estimate of drug-likeness (QED) is 0.384. The SMILES string of the molecule is Cc1cc(NC(=O)c2cccs2)n(-c2nc3ccccc3n2Cc2ccccc2Cl)n1. The molecular weight excluding hydrogens is 430 g/mol. The first kappa shape index (κ1) is 19.5. The highest BCUT2D eigenvalue weighted by atomic mass is 35.5. The van der Waals surface area contributed by atoms with Gasteiger partial charge >= 0.3 is 0 Å². The summed E-state index contributed by atoms with van der Waals surface area (Å²) in [6.07, 6.45) is 0. The molecule has 0 unspecified atom stereocenters. The van der Waals surface area contributed by atoms with Gasteiger partial charge in [-0.25, -0.2) is 4.98 Å². The minimum absolute atomic E-state index is 0.176. The molecule has 0 saturated heterocycles.